The van der Waals surface area contributed by atoms with Crippen molar-refractivity contribution < 1.29 is 14.5 Å². The molecule has 2 aromatic carbocycles. The fourth-order valence-electron chi connectivity index (χ4n) is 3.64. The molecule has 1 N–H and O–H groups in total. The SMILES string of the molecule is Cc1cc(C)c([N+](=O)[O-])c(C)c1C(=O)Nc1ccc(N2CCCC2=O)cc1. The Kier molecular flexibility index (Phi) is 4.94. The van der Waals surface area contributed by atoms with Crippen LogP contribution in [0.5, 0.6) is 0 Å². The van der Waals surface area contributed by atoms with E-state index in [2.05, 4.69) is 5.32 Å². The number of nitro groups is 1. The fraction of sp³-hybridized carbons (Fsp3) is 0.300. The maximum absolute atomic E-state index is 12.7. The van der Waals surface area contributed by atoms with Crippen molar-refractivity contribution in [1.29, 1.82) is 0 Å². The van der Waals surface area contributed by atoms with Crippen LogP contribution in [0.15, 0.2) is 30.3 Å². The topological polar surface area (TPSA) is 92.5 Å². The molecule has 1 fully saturated rings. The molecular weight excluding hydrogens is 346 g/mol. The molecule has 7 nitrogen and oxygen atoms in total. The molecule has 0 bridgehead atoms. The van der Waals surface area contributed by atoms with Crippen molar-refractivity contribution in [2.75, 3.05) is 16.8 Å². The molecule has 3 rings (SSSR count). The van der Waals surface area contributed by atoms with E-state index in [0.29, 0.717) is 40.9 Å². The number of nitrogens with zero attached hydrogens (tertiary/aromatic N) is 2. The van der Waals surface area contributed by atoms with E-state index in [1.165, 1.54) is 0 Å². The largest absolute Gasteiger partial charge is 0.322 e. The smallest absolute Gasteiger partial charge is 0.275 e. The van der Waals surface area contributed by atoms with Gasteiger partial charge in [-0.15, -0.1) is 0 Å². The zero-order valence-electron chi connectivity index (χ0n) is 15.5. The summed E-state index contributed by atoms with van der Waals surface area (Å²) in [5.74, 6) is -0.289. The van der Waals surface area contributed by atoms with E-state index in [0.717, 1.165) is 12.1 Å². The van der Waals surface area contributed by atoms with Crippen LogP contribution in [0.1, 0.15) is 39.9 Å². The molecule has 1 aliphatic rings. The first-order valence-corrected chi connectivity index (χ1v) is 8.76. The Hall–Kier alpha value is -3.22. The Balaban J connectivity index is 1.85. The van der Waals surface area contributed by atoms with Crippen LogP contribution >= 0.6 is 0 Å². The van der Waals surface area contributed by atoms with Crippen LogP contribution in [0.4, 0.5) is 17.1 Å². The molecule has 0 unspecified atom stereocenters. The normalized spacial score (nSPS) is 13.7. The molecule has 0 spiro atoms. The van der Waals surface area contributed by atoms with Crippen LogP contribution in [0, 0.1) is 30.9 Å². The van der Waals surface area contributed by atoms with Crippen molar-refractivity contribution in [3.8, 4) is 0 Å². The lowest BCUT2D eigenvalue weighted by molar-refractivity contribution is -0.386. The highest BCUT2D eigenvalue weighted by atomic mass is 16.6. The molecule has 0 radical (unpaired) electrons. The van der Waals surface area contributed by atoms with Crippen molar-refractivity contribution in [3.05, 3.63) is 62.7 Å². The zero-order chi connectivity index (χ0) is 19.7. The van der Waals surface area contributed by atoms with Gasteiger partial charge in [-0.3, -0.25) is 19.7 Å². The van der Waals surface area contributed by atoms with E-state index in [4.69, 9.17) is 0 Å². The van der Waals surface area contributed by atoms with Gasteiger partial charge in [-0.05, 0) is 63.1 Å². The predicted molar refractivity (Wildman–Crippen MR) is 103 cm³/mol. The molecule has 0 saturated carbocycles. The molecule has 0 atom stereocenters. The van der Waals surface area contributed by atoms with Crippen molar-refractivity contribution in [3.63, 3.8) is 0 Å². The van der Waals surface area contributed by atoms with Gasteiger partial charge in [0.15, 0.2) is 0 Å². The van der Waals surface area contributed by atoms with Crippen LogP contribution < -0.4 is 10.2 Å². The van der Waals surface area contributed by atoms with E-state index in [9.17, 15) is 19.7 Å². The number of carbonyl (C=O) groups excluding carboxylic acids is 2. The standard InChI is InChI=1S/C20H21N3O4/c1-12-11-13(2)19(23(26)27)14(3)18(12)20(25)21-15-6-8-16(9-7-15)22-10-4-5-17(22)24/h6-9,11H,4-5,10H2,1-3H3,(H,21,25). The molecule has 1 heterocycles. The van der Waals surface area contributed by atoms with E-state index in [1.807, 2.05) is 0 Å². The lowest BCUT2D eigenvalue weighted by Crippen LogP contribution is -2.23. The number of anilines is 2. The van der Waals surface area contributed by atoms with Gasteiger partial charge in [-0.1, -0.05) is 0 Å². The molecule has 0 aliphatic carbocycles. The molecule has 0 aromatic heterocycles. The number of benzene rings is 2. The summed E-state index contributed by atoms with van der Waals surface area (Å²) in [6, 6.07) is 8.69. The Morgan fingerprint density at radius 2 is 1.81 bits per heavy atom. The van der Waals surface area contributed by atoms with Crippen LogP contribution in [0.3, 0.4) is 0 Å². The number of nitro benzene ring substituents is 1. The number of hydrogen-bond donors (Lipinski definition) is 1. The molecule has 2 amide bonds. The second-order valence-corrected chi connectivity index (χ2v) is 6.77. The average molecular weight is 367 g/mol. The van der Waals surface area contributed by atoms with Crippen LogP contribution in [-0.4, -0.2) is 23.3 Å². The van der Waals surface area contributed by atoms with Crippen LogP contribution in [0.25, 0.3) is 0 Å². The Morgan fingerprint density at radius 3 is 2.37 bits per heavy atom. The molecule has 27 heavy (non-hydrogen) atoms. The maximum Gasteiger partial charge on any atom is 0.275 e. The second-order valence-electron chi connectivity index (χ2n) is 6.77. The first-order chi connectivity index (χ1) is 12.8. The number of rotatable bonds is 4. The van der Waals surface area contributed by atoms with Gasteiger partial charge in [0, 0.05) is 35.5 Å². The van der Waals surface area contributed by atoms with Crippen molar-refractivity contribution in [2.24, 2.45) is 0 Å². The number of nitrogens with one attached hydrogen (secondary N) is 1. The number of amides is 2. The fourth-order valence-corrected chi connectivity index (χ4v) is 3.64. The molecule has 7 heteroatoms. The quantitative estimate of drug-likeness (QED) is 0.655. The van der Waals surface area contributed by atoms with Gasteiger partial charge in [0.1, 0.15) is 0 Å². The van der Waals surface area contributed by atoms with Gasteiger partial charge >= 0.3 is 0 Å². The monoisotopic (exact) mass is 367 g/mol. The summed E-state index contributed by atoms with van der Waals surface area (Å²) in [6.45, 7) is 5.73. The Labute approximate surface area is 157 Å². The van der Waals surface area contributed by atoms with Crippen LogP contribution in [-0.2, 0) is 4.79 Å². The third-order valence-electron chi connectivity index (χ3n) is 4.85. The van der Waals surface area contributed by atoms with Crippen molar-refractivity contribution in [2.45, 2.75) is 33.6 Å². The Morgan fingerprint density at radius 1 is 1.15 bits per heavy atom. The summed E-state index contributed by atoms with van der Waals surface area (Å²) in [6.07, 6.45) is 1.41. The highest BCUT2D eigenvalue weighted by molar-refractivity contribution is 6.07. The lowest BCUT2D eigenvalue weighted by atomic mass is 9.96. The number of carbonyl (C=O) groups is 2. The predicted octanol–water partition coefficient (Wildman–Crippen LogP) is 3.90. The number of aryl methyl sites for hydroxylation is 2. The van der Waals surface area contributed by atoms with E-state index in [-0.39, 0.29) is 11.6 Å². The molecule has 2 aromatic rings. The minimum atomic E-state index is -0.456. The van der Waals surface area contributed by atoms with Gasteiger partial charge in [-0.25, -0.2) is 0 Å². The van der Waals surface area contributed by atoms with E-state index >= 15 is 0 Å². The molecular formula is C20H21N3O4. The summed E-state index contributed by atoms with van der Waals surface area (Å²) < 4.78 is 0. The van der Waals surface area contributed by atoms with Gasteiger partial charge in [0.25, 0.3) is 11.6 Å². The van der Waals surface area contributed by atoms with Crippen molar-refractivity contribution >= 4 is 28.9 Å². The highest BCUT2D eigenvalue weighted by Crippen LogP contribution is 2.30. The van der Waals surface area contributed by atoms with E-state index in [1.54, 1.807) is 56.0 Å². The minimum Gasteiger partial charge on any atom is -0.322 e. The minimum absolute atomic E-state index is 0.0337. The van der Waals surface area contributed by atoms with Crippen LogP contribution in [0.2, 0.25) is 0 Å². The summed E-state index contributed by atoms with van der Waals surface area (Å²) >= 11 is 0. The highest BCUT2D eigenvalue weighted by Gasteiger charge is 2.24. The molecule has 1 saturated heterocycles. The summed E-state index contributed by atoms with van der Waals surface area (Å²) in [4.78, 5) is 37.1. The average Bonchev–Trinajstić information content (AvgIpc) is 3.00. The molecule has 140 valence electrons. The zero-order valence-corrected chi connectivity index (χ0v) is 15.5. The summed E-state index contributed by atoms with van der Waals surface area (Å²) in [5, 5.41) is 14.1. The third kappa shape index (κ3) is 3.53. The summed E-state index contributed by atoms with van der Waals surface area (Å²) in [5.41, 5.74) is 3.22. The molecule has 1 aliphatic heterocycles. The maximum atomic E-state index is 12.7. The van der Waals surface area contributed by atoms with Gasteiger partial charge in [-0.2, -0.15) is 0 Å². The lowest BCUT2D eigenvalue weighted by Gasteiger charge is -2.16. The van der Waals surface area contributed by atoms with E-state index < -0.39 is 10.8 Å². The van der Waals surface area contributed by atoms with Gasteiger partial charge in [0.2, 0.25) is 5.91 Å². The Bertz CT molecular complexity index is 935. The third-order valence-corrected chi connectivity index (χ3v) is 4.85. The first kappa shape index (κ1) is 18.6. The summed E-state index contributed by atoms with van der Waals surface area (Å²) in [7, 11) is 0. The van der Waals surface area contributed by atoms with Gasteiger partial charge < -0.3 is 10.2 Å². The first-order valence-electron chi connectivity index (χ1n) is 8.76. The van der Waals surface area contributed by atoms with Crippen molar-refractivity contribution in [1.82, 2.24) is 0 Å². The van der Waals surface area contributed by atoms with Gasteiger partial charge in [0.05, 0.1) is 10.5 Å². The number of hydrogen-bond acceptors (Lipinski definition) is 4. The second kappa shape index (κ2) is 7.19.